The first-order valence-corrected chi connectivity index (χ1v) is 8.86. The van der Waals surface area contributed by atoms with Crippen LogP contribution >= 0.6 is 27.7 Å². The van der Waals surface area contributed by atoms with E-state index in [1.54, 1.807) is 7.11 Å². The first-order valence-electron chi connectivity index (χ1n) is 6.85. The highest BCUT2D eigenvalue weighted by molar-refractivity contribution is 9.10. The molecule has 0 aliphatic carbocycles. The zero-order chi connectivity index (χ0) is 16.6. The Morgan fingerprint density at radius 2 is 2.17 bits per heavy atom. The molecule has 1 aromatic carbocycles. The Morgan fingerprint density at radius 3 is 2.87 bits per heavy atom. The lowest BCUT2D eigenvalue weighted by Crippen LogP contribution is -2.31. The molecule has 3 rings (SSSR count). The number of nitrogens with one attached hydrogen (secondary N) is 2. The number of rotatable bonds is 3. The van der Waals surface area contributed by atoms with Gasteiger partial charge in [0.25, 0.3) is 5.56 Å². The number of methoxy groups -OCH3 is 1. The number of aromatic amines is 1. The number of aromatic nitrogens is 2. The Balaban J connectivity index is 2.22. The molecule has 2 heterocycles. The topological polar surface area (TPSA) is 84.1 Å². The third kappa shape index (κ3) is 3.00. The van der Waals surface area contributed by atoms with E-state index in [1.165, 1.54) is 11.8 Å². The molecule has 1 atom stereocenters. The fourth-order valence-corrected chi connectivity index (χ4v) is 3.45. The number of carbonyl (C=O) groups excluding carboxylic acids is 1. The second-order valence-corrected chi connectivity index (χ2v) is 6.74. The largest absolute Gasteiger partial charge is 0.496 e. The van der Waals surface area contributed by atoms with Gasteiger partial charge in [0.05, 0.1) is 12.7 Å². The molecule has 0 saturated carbocycles. The Hall–Kier alpha value is -1.80. The summed E-state index contributed by atoms with van der Waals surface area (Å²) in [7, 11) is 1.57. The summed E-state index contributed by atoms with van der Waals surface area (Å²) < 4.78 is 6.25. The molecule has 120 valence electrons. The fourth-order valence-electron chi connectivity index (χ4n) is 2.69. The molecule has 2 aromatic rings. The monoisotopic (exact) mass is 395 g/mol. The van der Waals surface area contributed by atoms with Crippen LogP contribution in [0.3, 0.4) is 0 Å². The molecule has 6 nitrogen and oxygen atoms in total. The normalized spacial score (nSPS) is 16.7. The SMILES string of the molecule is COc1ccc(Br)cc1[C@H]1CC(=O)Nc2nc(SC)[nH]c(=O)c21. The van der Waals surface area contributed by atoms with E-state index < -0.39 is 5.92 Å². The molecule has 0 unspecified atom stereocenters. The lowest BCUT2D eigenvalue weighted by atomic mass is 9.86. The minimum Gasteiger partial charge on any atom is -0.496 e. The third-order valence-electron chi connectivity index (χ3n) is 3.69. The van der Waals surface area contributed by atoms with Crippen LogP contribution in [0, 0.1) is 0 Å². The molecule has 23 heavy (non-hydrogen) atoms. The van der Waals surface area contributed by atoms with Gasteiger partial charge in [0.2, 0.25) is 5.91 Å². The number of amides is 1. The summed E-state index contributed by atoms with van der Waals surface area (Å²) in [6.07, 6.45) is 1.98. The number of thioether (sulfide) groups is 1. The van der Waals surface area contributed by atoms with E-state index in [4.69, 9.17) is 4.74 Å². The van der Waals surface area contributed by atoms with E-state index in [0.29, 0.717) is 22.3 Å². The van der Waals surface area contributed by atoms with Crippen LogP contribution in [0.5, 0.6) is 5.75 Å². The summed E-state index contributed by atoms with van der Waals surface area (Å²) in [6, 6.07) is 5.53. The van der Waals surface area contributed by atoms with Crippen molar-refractivity contribution < 1.29 is 9.53 Å². The molecule has 0 fully saturated rings. The molecule has 1 amide bonds. The minimum absolute atomic E-state index is 0.170. The van der Waals surface area contributed by atoms with E-state index >= 15 is 0 Å². The lowest BCUT2D eigenvalue weighted by molar-refractivity contribution is -0.116. The summed E-state index contributed by atoms with van der Waals surface area (Å²) in [4.78, 5) is 31.7. The van der Waals surface area contributed by atoms with E-state index in [-0.39, 0.29) is 17.9 Å². The highest BCUT2D eigenvalue weighted by Gasteiger charge is 2.32. The highest BCUT2D eigenvalue weighted by Crippen LogP contribution is 2.39. The number of hydrogen-bond donors (Lipinski definition) is 2. The van der Waals surface area contributed by atoms with Crippen LogP contribution in [0.15, 0.2) is 32.6 Å². The van der Waals surface area contributed by atoms with Gasteiger partial charge in [-0.05, 0) is 24.5 Å². The summed E-state index contributed by atoms with van der Waals surface area (Å²) in [5.74, 6) is 0.376. The van der Waals surface area contributed by atoms with Crippen molar-refractivity contribution in [3.8, 4) is 5.75 Å². The molecule has 0 radical (unpaired) electrons. The van der Waals surface area contributed by atoms with Crippen molar-refractivity contribution in [2.75, 3.05) is 18.7 Å². The van der Waals surface area contributed by atoms with Crippen molar-refractivity contribution in [3.05, 3.63) is 44.2 Å². The fraction of sp³-hybridized carbons (Fsp3) is 0.267. The Labute approximate surface area is 145 Å². The molecule has 0 saturated heterocycles. The number of hydrogen-bond acceptors (Lipinski definition) is 5. The summed E-state index contributed by atoms with van der Waals surface area (Å²) in [6.45, 7) is 0. The van der Waals surface area contributed by atoms with Gasteiger partial charge >= 0.3 is 0 Å². The molecule has 0 bridgehead atoms. The zero-order valence-electron chi connectivity index (χ0n) is 12.5. The van der Waals surface area contributed by atoms with Crippen molar-refractivity contribution in [3.63, 3.8) is 0 Å². The van der Waals surface area contributed by atoms with Crippen LogP contribution in [0.25, 0.3) is 0 Å². The summed E-state index contributed by atoms with van der Waals surface area (Å²) >= 11 is 4.74. The van der Waals surface area contributed by atoms with Crippen LogP contribution in [0.4, 0.5) is 5.82 Å². The molecular formula is C15H14BrN3O3S. The number of fused-ring (bicyclic) bond motifs is 1. The number of nitrogens with zero attached hydrogens (tertiary/aromatic N) is 1. The van der Waals surface area contributed by atoms with Crippen LogP contribution in [-0.4, -0.2) is 29.2 Å². The van der Waals surface area contributed by atoms with E-state index in [0.717, 1.165) is 10.0 Å². The molecule has 1 aliphatic rings. The van der Waals surface area contributed by atoms with Crippen LogP contribution in [0.1, 0.15) is 23.5 Å². The molecule has 1 aliphatic heterocycles. The van der Waals surface area contributed by atoms with Crippen LogP contribution in [-0.2, 0) is 4.79 Å². The number of H-pyrrole nitrogens is 1. The minimum atomic E-state index is -0.404. The first kappa shape index (κ1) is 16.1. The Morgan fingerprint density at radius 1 is 1.39 bits per heavy atom. The van der Waals surface area contributed by atoms with Gasteiger partial charge in [-0.1, -0.05) is 27.7 Å². The van der Waals surface area contributed by atoms with Crippen molar-refractivity contribution in [2.24, 2.45) is 0 Å². The molecule has 1 aromatic heterocycles. The Bertz CT molecular complexity index is 837. The Kier molecular flexibility index (Phi) is 4.45. The van der Waals surface area contributed by atoms with Gasteiger partial charge in [-0.2, -0.15) is 0 Å². The number of anilines is 1. The van der Waals surface area contributed by atoms with Crippen LogP contribution < -0.4 is 15.6 Å². The number of carbonyl (C=O) groups is 1. The molecule has 8 heteroatoms. The molecule has 0 spiro atoms. The van der Waals surface area contributed by atoms with Crippen LogP contribution in [0.2, 0.25) is 0 Å². The summed E-state index contributed by atoms with van der Waals surface area (Å²) in [5, 5.41) is 3.16. The smallest absolute Gasteiger partial charge is 0.257 e. The van der Waals surface area contributed by atoms with E-state index in [1.807, 2.05) is 24.5 Å². The highest BCUT2D eigenvalue weighted by atomic mass is 79.9. The maximum absolute atomic E-state index is 12.5. The predicted molar refractivity (Wildman–Crippen MR) is 92.4 cm³/mol. The second-order valence-electron chi connectivity index (χ2n) is 5.03. The second kappa shape index (κ2) is 6.37. The predicted octanol–water partition coefficient (Wildman–Crippen LogP) is 2.74. The van der Waals surface area contributed by atoms with Crippen molar-refractivity contribution in [2.45, 2.75) is 17.5 Å². The van der Waals surface area contributed by atoms with E-state index in [2.05, 4.69) is 31.2 Å². The number of benzene rings is 1. The maximum atomic E-state index is 12.5. The van der Waals surface area contributed by atoms with Crippen molar-refractivity contribution >= 4 is 39.4 Å². The van der Waals surface area contributed by atoms with Crippen molar-refractivity contribution in [1.29, 1.82) is 0 Å². The molecular weight excluding hydrogens is 382 g/mol. The average molecular weight is 396 g/mol. The van der Waals surface area contributed by atoms with Gasteiger partial charge < -0.3 is 15.0 Å². The standard InChI is InChI=1S/C15H14BrN3O3S/c1-22-10-4-3-7(16)5-8(10)9-6-11(20)17-13-12(9)14(21)19-15(18-13)23-2/h3-5,9H,6H2,1-2H3,(H2,17,18,19,20,21)/t9-/m1/s1. The number of ether oxygens (including phenoxy) is 1. The molecule has 2 N–H and O–H groups in total. The van der Waals surface area contributed by atoms with Gasteiger partial charge in [-0.3, -0.25) is 9.59 Å². The maximum Gasteiger partial charge on any atom is 0.257 e. The quantitative estimate of drug-likeness (QED) is 0.616. The summed E-state index contributed by atoms with van der Waals surface area (Å²) in [5.41, 5.74) is 0.993. The van der Waals surface area contributed by atoms with Gasteiger partial charge in [0.1, 0.15) is 11.6 Å². The first-order chi connectivity index (χ1) is 11.0. The number of halogens is 1. The lowest BCUT2D eigenvalue weighted by Gasteiger charge is -2.25. The van der Waals surface area contributed by atoms with Gasteiger partial charge in [-0.15, -0.1) is 0 Å². The average Bonchev–Trinajstić information content (AvgIpc) is 2.53. The van der Waals surface area contributed by atoms with Gasteiger partial charge in [0.15, 0.2) is 5.16 Å². The van der Waals surface area contributed by atoms with Gasteiger partial charge in [0, 0.05) is 22.4 Å². The third-order valence-corrected chi connectivity index (χ3v) is 4.76. The van der Waals surface area contributed by atoms with Gasteiger partial charge in [-0.25, -0.2) is 4.98 Å². The van der Waals surface area contributed by atoms with Crippen molar-refractivity contribution in [1.82, 2.24) is 9.97 Å². The van der Waals surface area contributed by atoms with E-state index in [9.17, 15) is 9.59 Å². The zero-order valence-corrected chi connectivity index (χ0v) is 14.9.